The van der Waals surface area contributed by atoms with Crippen LogP contribution in [-0.4, -0.2) is 44.3 Å². The molecular weight excluding hydrogens is 901 g/mol. The van der Waals surface area contributed by atoms with E-state index in [4.69, 9.17) is 19.4 Å². The van der Waals surface area contributed by atoms with Gasteiger partial charge in [0.2, 0.25) is 0 Å². The van der Waals surface area contributed by atoms with Gasteiger partial charge >= 0.3 is 11.9 Å². The van der Waals surface area contributed by atoms with Crippen LogP contribution in [0.25, 0.3) is 43.6 Å². The minimum absolute atomic E-state index is 0.247. The van der Waals surface area contributed by atoms with Crippen LogP contribution in [-0.2, 0) is 61.1 Å². The second kappa shape index (κ2) is 24.1. The second-order valence-corrected chi connectivity index (χ2v) is 19.2. The van der Waals surface area contributed by atoms with Crippen molar-refractivity contribution in [3.8, 4) is 0 Å². The first kappa shape index (κ1) is 48.8. The Labute approximate surface area is 428 Å². The number of hydrogen-bond donors (Lipinski definition) is 0. The molecule has 0 atom stereocenters. The van der Waals surface area contributed by atoms with Gasteiger partial charge in [0, 0.05) is 45.7 Å². The van der Waals surface area contributed by atoms with E-state index in [2.05, 4.69) is 167 Å². The van der Waals surface area contributed by atoms with E-state index in [0.717, 1.165) is 139 Å². The fourth-order valence-electron chi connectivity index (χ4n) is 10.6. The molecule has 8 nitrogen and oxygen atoms in total. The Kier molecular flexibility index (Phi) is 16.1. The molecule has 73 heavy (non-hydrogen) atoms. The number of carbonyl (C=O) groups is 2. The lowest BCUT2D eigenvalue weighted by Crippen LogP contribution is -2.12. The van der Waals surface area contributed by atoms with Crippen molar-refractivity contribution in [2.24, 2.45) is 0 Å². The Morgan fingerprint density at radius 3 is 1.08 bits per heavy atom. The maximum absolute atomic E-state index is 13.8. The Bertz CT molecular complexity index is 3190. The highest BCUT2D eigenvalue weighted by atomic mass is 16.5. The zero-order valence-electron chi connectivity index (χ0n) is 41.8. The van der Waals surface area contributed by atoms with Crippen molar-refractivity contribution in [1.29, 1.82) is 0 Å². The number of para-hydroxylation sites is 2. The standard InChI is InChI=1S/C65H64N4O4/c70-64(58-46-54-52-36-14-16-40-60(52)68(42-22-34-50-28-10-3-11-29-50)62(54)56(66-58)38-20-32-48-24-6-1-7-25-48)72-44-18-5-19-45-73-65(71)59-47-55-53-37-15-17-41-61(53)69(43-23-35-51-30-12-4-13-31-51)63(55)57(67-59)39-21-33-49-26-8-2-9-27-49/h1-4,6-17,24-31,36-37,40-41,46-47H,5,18-23,32-35,38-39,42-45H2. The van der Waals surface area contributed by atoms with Gasteiger partial charge in [-0.05, 0) is 130 Å². The number of pyridine rings is 2. The van der Waals surface area contributed by atoms with Gasteiger partial charge in [0.05, 0.1) is 35.6 Å². The average Bonchev–Trinajstić information content (AvgIpc) is 3.94. The first-order valence-corrected chi connectivity index (χ1v) is 26.4. The molecule has 0 radical (unpaired) electrons. The number of esters is 2. The van der Waals surface area contributed by atoms with Crippen LogP contribution in [0.1, 0.15) is 99.6 Å². The Hall–Kier alpha value is -7.84. The number of carbonyl (C=O) groups excluding carboxylic acids is 2. The summed E-state index contributed by atoms with van der Waals surface area (Å²) in [5.74, 6) is -0.839. The van der Waals surface area contributed by atoms with E-state index in [1.54, 1.807) is 0 Å². The van der Waals surface area contributed by atoms with Crippen LogP contribution in [0.4, 0.5) is 0 Å². The lowest BCUT2D eigenvalue weighted by molar-refractivity contribution is 0.0470. The molecule has 0 bridgehead atoms. The number of rotatable bonds is 24. The lowest BCUT2D eigenvalue weighted by Gasteiger charge is -2.13. The number of ether oxygens (including phenoxy) is 2. The first-order chi connectivity index (χ1) is 36.1. The summed E-state index contributed by atoms with van der Waals surface area (Å²) in [7, 11) is 0. The van der Waals surface area contributed by atoms with Crippen molar-refractivity contribution in [2.75, 3.05) is 13.2 Å². The van der Waals surface area contributed by atoms with Crippen molar-refractivity contribution in [2.45, 2.75) is 96.6 Å². The molecule has 8 heteroatoms. The summed E-state index contributed by atoms with van der Waals surface area (Å²) in [6, 6.07) is 63.2. The molecule has 0 aliphatic heterocycles. The van der Waals surface area contributed by atoms with Gasteiger partial charge in [0.25, 0.3) is 0 Å². The summed E-state index contributed by atoms with van der Waals surface area (Å²) in [4.78, 5) is 37.8. The van der Waals surface area contributed by atoms with Crippen LogP contribution in [0.3, 0.4) is 0 Å². The predicted octanol–water partition coefficient (Wildman–Crippen LogP) is 14.5. The quantitative estimate of drug-likeness (QED) is 0.0443. The lowest BCUT2D eigenvalue weighted by atomic mass is 10.0. The maximum Gasteiger partial charge on any atom is 0.356 e. The number of hydrogen-bond acceptors (Lipinski definition) is 6. The van der Waals surface area contributed by atoms with E-state index in [1.165, 1.54) is 22.3 Å². The fourth-order valence-corrected chi connectivity index (χ4v) is 10.6. The maximum atomic E-state index is 13.8. The molecule has 4 aromatic heterocycles. The smallest absolute Gasteiger partial charge is 0.356 e. The molecule has 0 spiro atoms. The minimum Gasteiger partial charge on any atom is -0.461 e. The highest BCUT2D eigenvalue weighted by Crippen LogP contribution is 2.35. The molecule has 0 unspecified atom stereocenters. The fraction of sp³-hybridized carbons (Fsp3) is 0.262. The predicted molar refractivity (Wildman–Crippen MR) is 295 cm³/mol. The van der Waals surface area contributed by atoms with E-state index in [1.807, 2.05) is 24.3 Å². The van der Waals surface area contributed by atoms with Crippen molar-refractivity contribution < 1.29 is 19.1 Å². The summed E-state index contributed by atoms with van der Waals surface area (Å²) in [6.45, 7) is 2.18. The molecule has 10 aromatic rings. The number of aryl methyl sites for hydroxylation is 8. The van der Waals surface area contributed by atoms with Gasteiger partial charge in [0.15, 0.2) is 0 Å². The van der Waals surface area contributed by atoms with Gasteiger partial charge in [-0.1, -0.05) is 158 Å². The highest BCUT2D eigenvalue weighted by Gasteiger charge is 2.22. The van der Waals surface area contributed by atoms with Crippen LogP contribution in [0.15, 0.2) is 182 Å². The molecule has 0 saturated carbocycles. The molecule has 0 fully saturated rings. The highest BCUT2D eigenvalue weighted by molar-refractivity contribution is 6.11. The van der Waals surface area contributed by atoms with Crippen LogP contribution in [0, 0.1) is 0 Å². The van der Waals surface area contributed by atoms with Crippen LogP contribution in [0.2, 0.25) is 0 Å². The number of unbranched alkanes of at least 4 members (excludes halogenated alkanes) is 2. The van der Waals surface area contributed by atoms with Gasteiger partial charge in [0.1, 0.15) is 11.4 Å². The van der Waals surface area contributed by atoms with Crippen molar-refractivity contribution >= 4 is 55.6 Å². The number of nitrogens with zero attached hydrogens (tertiary/aromatic N) is 4. The Balaban J connectivity index is 0.792. The van der Waals surface area contributed by atoms with E-state index in [9.17, 15) is 9.59 Å². The second-order valence-electron chi connectivity index (χ2n) is 19.2. The molecule has 0 N–H and O–H groups in total. The molecule has 0 amide bonds. The summed E-state index contributed by atoms with van der Waals surface area (Å²) >= 11 is 0. The van der Waals surface area contributed by atoms with Gasteiger partial charge < -0.3 is 18.6 Å². The van der Waals surface area contributed by atoms with Crippen LogP contribution >= 0.6 is 0 Å². The van der Waals surface area contributed by atoms with E-state index < -0.39 is 11.9 Å². The summed E-state index contributed by atoms with van der Waals surface area (Å²) < 4.78 is 16.6. The normalized spacial score (nSPS) is 11.5. The third kappa shape index (κ3) is 11.9. The molecule has 6 aromatic carbocycles. The first-order valence-electron chi connectivity index (χ1n) is 26.4. The van der Waals surface area contributed by atoms with Gasteiger partial charge in [-0.3, -0.25) is 0 Å². The van der Waals surface area contributed by atoms with Gasteiger partial charge in [-0.15, -0.1) is 0 Å². The molecule has 10 rings (SSSR count). The topological polar surface area (TPSA) is 88.2 Å². The summed E-state index contributed by atoms with van der Waals surface area (Å²) in [6.07, 6.45) is 11.0. The largest absolute Gasteiger partial charge is 0.461 e. The molecule has 0 aliphatic rings. The van der Waals surface area contributed by atoms with E-state index in [0.29, 0.717) is 24.2 Å². The minimum atomic E-state index is -0.419. The molecular formula is C65H64N4O4. The van der Waals surface area contributed by atoms with Crippen molar-refractivity contribution in [3.63, 3.8) is 0 Å². The monoisotopic (exact) mass is 964 g/mol. The average molecular weight is 965 g/mol. The molecule has 368 valence electrons. The summed E-state index contributed by atoms with van der Waals surface area (Å²) in [5.41, 5.74) is 12.3. The van der Waals surface area contributed by atoms with Crippen LogP contribution < -0.4 is 0 Å². The molecule has 0 saturated heterocycles. The molecule has 4 heterocycles. The third-order valence-electron chi connectivity index (χ3n) is 14.1. The zero-order valence-corrected chi connectivity index (χ0v) is 41.8. The van der Waals surface area contributed by atoms with Crippen LogP contribution in [0.5, 0.6) is 0 Å². The number of aromatic nitrogens is 4. The van der Waals surface area contributed by atoms with Gasteiger partial charge in [-0.2, -0.15) is 0 Å². The van der Waals surface area contributed by atoms with Crippen molar-refractivity contribution in [1.82, 2.24) is 19.1 Å². The van der Waals surface area contributed by atoms with Crippen molar-refractivity contribution in [3.05, 3.63) is 227 Å². The SMILES string of the molecule is O=C(OCCCCCOC(=O)c1cc2c3ccccc3n(CCCc3ccccc3)c2c(CCCc2ccccc2)n1)c1cc2c3ccccc3n(CCCc3ccccc3)c2c(CCCc2ccccc2)n1. The zero-order chi connectivity index (χ0) is 49.6. The van der Waals surface area contributed by atoms with Gasteiger partial charge in [-0.25, -0.2) is 19.6 Å². The summed E-state index contributed by atoms with van der Waals surface area (Å²) in [5, 5.41) is 4.30. The third-order valence-corrected chi connectivity index (χ3v) is 14.1. The van der Waals surface area contributed by atoms with E-state index >= 15 is 0 Å². The Morgan fingerprint density at radius 1 is 0.356 bits per heavy atom. The molecule has 0 aliphatic carbocycles. The Morgan fingerprint density at radius 2 is 0.699 bits per heavy atom. The van der Waals surface area contributed by atoms with E-state index in [-0.39, 0.29) is 13.2 Å². The number of benzene rings is 6. The number of fused-ring (bicyclic) bond motifs is 6.